The molecule has 1 aliphatic rings. The molecule has 28 heavy (non-hydrogen) atoms. The van der Waals surface area contributed by atoms with Crippen molar-refractivity contribution in [1.82, 2.24) is 9.21 Å². The Kier molecular flexibility index (Phi) is 6.08. The van der Waals surface area contributed by atoms with E-state index in [0.29, 0.717) is 18.5 Å². The molecule has 0 unspecified atom stereocenters. The molecule has 0 radical (unpaired) electrons. The lowest BCUT2D eigenvalue weighted by atomic mass is 10.2. The first-order chi connectivity index (χ1) is 13.3. The molecule has 2 aromatic carbocycles. The summed E-state index contributed by atoms with van der Waals surface area (Å²) in [5.41, 5.74) is 0.514. The fourth-order valence-electron chi connectivity index (χ4n) is 3.27. The third-order valence-corrected chi connectivity index (χ3v) is 6.81. The molecular formula is C19H19ClFN3O3S. The van der Waals surface area contributed by atoms with E-state index in [-0.39, 0.29) is 28.8 Å². The minimum atomic E-state index is -4.03. The Morgan fingerprint density at radius 1 is 1.36 bits per heavy atom. The monoisotopic (exact) mass is 423 g/mol. The van der Waals surface area contributed by atoms with E-state index in [9.17, 15) is 12.8 Å². The van der Waals surface area contributed by atoms with Gasteiger partial charge in [-0.25, -0.2) is 12.8 Å². The average Bonchev–Trinajstić information content (AvgIpc) is 3.14. The van der Waals surface area contributed by atoms with Crippen molar-refractivity contribution < 1.29 is 17.5 Å². The van der Waals surface area contributed by atoms with Gasteiger partial charge in [0, 0.05) is 30.7 Å². The first kappa shape index (κ1) is 20.4. The lowest BCUT2D eigenvalue weighted by molar-refractivity contribution is 0.311. The second-order valence-corrected chi connectivity index (χ2v) is 8.76. The molecule has 3 rings (SSSR count). The van der Waals surface area contributed by atoms with Crippen molar-refractivity contribution in [3.63, 3.8) is 0 Å². The fraction of sp³-hybridized carbons (Fsp3) is 0.316. The first-order valence-corrected chi connectivity index (χ1v) is 10.4. The maximum absolute atomic E-state index is 13.6. The standard InChI is InChI=1S/C19H19ClFN3O3S/c1-27-18-6-5-15(20)10-19(18)28(25,26)24(17-7-8-23(12-17)13-22)11-14-3-2-4-16(21)9-14/h2-6,9-10,17H,7-8,11-12H2,1H3/t17-/m1/s1. The van der Waals surface area contributed by atoms with Gasteiger partial charge in [0.1, 0.15) is 16.5 Å². The topological polar surface area (TPSA) is 73.6 Å². The molecule has 0 spiro atoms. The number of nitriles is 1. The summed E-state index contributed by atoms with van der Waals surface area (Å²) in [6.45, 7) is 0.705. The van der Waals surface area contributed by atoms with Crippen LogP contribution in [0.5, 0.6) is 5.75 Å². The highest BCUT2D eigenvalue weighted by Gasteiger charge is 2.37. The normalized spacial score (nSPS) is 17.0. The lowest BCUT2D eigenvalue weighted by Gasteiger charge is -2.28. The zero-order valence-corrected chi connectivity index (χ0v) is 16.8. The van der Waals surface area contributed by atoms with E-state index in [2.05, 4.69) is 6.19 Å². The molecular weight excluding hydrogens is 405 g/mol. The molecule has 0 N–H and O–H groups in total. The van der Waals surface area contributed by atoms with Gasteiger partial charge in [0.05, 0.1) is 7.11 Å². The van der Waals surface area contributed by atoms with Crippen molar-refractivity contribution >= 4 is 21.6 Å². The summed E-state index contributed by atoms with van der Waals surface area (Å²) < 4.78 is 47.2. The number of sulfonamides is 1. The van der Waals surface area contributed by atoms with Gasteiger partial charge in [-0.15, -0.1) is 0 Å². The van der Waals surface area contributed by atoms with E-state index >= 15 is 0 Å². The maximum Gasteiger partial charge on any atom is 0.247 e. The van der Waals surface area contributed by atoms with Crippen molar-refractivity contribution in [2.45, 2.75) is 23.9 Å². The minimum Gasteiger partial charge on any atom is -0.495 e. The van der Waals surface area contributed by atoms with E-state index in [4.69, 9.17) is 21.6 Å². The van der Waals surface area contributed by atoms with Crippen molar-refractivity contribution in [3.05, 3.63) is 58.9 Å². The van der Waals surface area contributed by atoms with Crippen LogP contribution in [0.1, 0.15) is 12.0 Å². The van der Waals surface area contributed by atoms with Gasteiger partial charge in [0.25, 0.3) is 0 Å². The molecule has 0 saturated carbocycles. The van der Waals surface area contributed by atoms with Crippen LogP contribution in [0.15, 0.2) is 47.4 Å². The van der Waals surface area contributed by atoms with Crippen molar-refractivity contribution in [2.75, 3.05) is 20.2 Å². The van der Waals surface area contributed by atoms with Gasteiger partial charge in [-0.3, -0.25) is 0 Å². The second-order valence-electron chi connectivity index (χ2n) is 6.46. The third kappa shape index (κ3) is 4.22. The molecule has 0 aromatic heterocycles. The fourth-order valence-corrected chi connectivity index (χ4v) is 5.33. The van der Waals surface area contributed by atoms with Crippen LogP contribution in [-0.4, -0.2) is 43.9 Å². The summed E-state index contributed by atoms with van der Waals surface area (Å²) in [5.74, 6) is -0.274. The number of hydrogen-bond donors (Lipinski definition) is 0. The van der Waals surface area contributed by atoms with E-state index in [1.165, 1.54) is 46.6 Å². The Balaban J connectivity index is 2.05. The molecule has 6 nitrogen and oxygen atoms in total. The summed E-state index contributed by atoms with van der Waals surface area (Å²) >= 11 is 6.03. The second kappa shape index (κ2) is 8.35. The van der Waals surface area contributed by atoms with E-state index in [1.54, 1.807) is 12.1 Å². The van der Waals surface area contributed by atoms with Crippen LogP contribution in [0.2, 0.25) is 5.02 Å². The molecule has 148 valence electrons. The number of nitrogens with zero attached hydrogens (tertiary/aromatic N) is 3. The molecule has 0 amide bonds. The average molecular weight is 424 g/mol. The van der Waals surface area contributed by atoms with Crippen LogP contribution >= 0.6 is 11.6 Å². The Labute approximate surface area is 168 Å². The third-order valence-electron chi connectivity index (χ3n) is 4.65. The summed E-state index contributed by atoms with van der Waals surface area (Å²) in [7, 11) is -2.65. The zero-order chi connectivity index (χ0) is 20.3. The highest BCUT2D eigenvalue weighted by molar-refractivity contribution is 7.89. The molecule has 1 aliphatic heterocycles. The van der Waals surface area contributed by atoms with E-state index in [0.717, 1.165) is 0 Å². The van der Waals surface area contributed by atoms with Crippen LogP contribution in [-0.2, 0) is 16.6 Å². The number of rotatable bonds is 6. The van der Waals surface area contributed by atoms with Gasteiger partial charge in [0.2, 0.25) is 10.0 Å². The van der Waals surface area contributed by atoms with Crippen molar-refractivity contribution in [1.29, 1.82) is 5.26 Å². The summed E-state index contributed by atoms with van der Waals surface area (Å²) in [6, 6.07) is 9.74. The van der Waals surface area contributed by atoms with Crippen LogP contribution in [0, 0.1) is 17.3 Å². The smallest absolute Gasteiger partial charge is 0.247 e. The van der Waals surface area contributed by atoms with E-state index in [1.807, 2.05) is 0 Å². The highest BCUT2D eigenvalue weighted by Crippen LogP contribution is 2.33. The van der Waals surface area contributed by atoms with Crippen LogP contribution in [0.25, 0.3) is 0 Å². The van der Waals surface area contributed by atoms with Crippen molar-refractivity contribution in [3.8, 4) is 11.9 Å². The van der Waals surface area contributed by atoms with Gasteiger partial charge in [-0.1, -0.05) is 23.7 Å². The summed E-state index contributed by atoms with van der Waals surface area (Å²) in [4.78, 5) is 1.45. The van der Waals surface area contributed by atoms with Gasteiger partial charge < -0.3 is 9.64 Å². The number of halogens is 2. The largest absolute Gasteiger partial charge is 0.495 e. The highest BCUT2D eigenvalue weighted by atomic mass is 35.5. The van der Waals surface area contributed by atoms with E-state index < -0.39 is 21.9 Å². The minimum absolute atomic E-state index is 0.0281. The van der Waals surface area contributed by atoms with Gasteiger partial charge in [-0.05, 0) is 42.3 Å². The molecule has 0 aliphatic carbocycles. The molecule has 1 atom stereocenters. The number of likely N-dealkylation sites (tertiary alicyclic amines) is 1. The Morgan fingerprint density at radius 3 is 2.79 bits per heavy atom. The van der Waals surface area contributed by atoms with Gasteiger partial charge in [0.15, 0.2) is 6.19 Å². The first-order valence-electron chi connectivity index (χ1n) is 8.59. The Bertz CT molecular complexity index is 1010. The Hall–Kier alpha value is -2.34. The van der Waals surface area contributed by atoms with Gasteiger partial charge in [-0.2, -0.15) is 9.57 Å². The van der Waals surface area contributed by atoms with Crippen LogP contribution in [0.4, 0.5) is 4.39 Å². The summed E-state index contributed by atoms with van der Waals surface area (Å²) in [5, 5.41) is 9.41. The predicted molar refractivity (Wildman–Crippen MR) is 103 cm³/mol. The number of ether oxygens (including phenoxy) is 1. The molecule has 1 heterocycles. The SMILES string of the molecule is COc1ccc(Cl)cc1S(=O)(=O)N(Cc1cccc(F)c1)[C@@H]1CCN(C#N)C1. The zero-order valence-electron chi connectivity index (χ0n) is 15.2. The molecule has 1 saturated heterocycles. The predicted octanol–water partition coefficient (Wildman–Crippen LogP) is 3.23. The molecule has 1 fully saturated rings. The quantitative estimate of drug-likeness (QED) is 0.667. The van der Waals surface area contributed by atoms with Crippen molar-refractivity contribution in [2.24, 2.45) is 0 Å². The maximum atomic E-state index is 13.6. The number of methoxy groups -OCH3 is 1. The number of benzene rings is 2. The Morgan fingerprint density at radius 2 is 2.14 bits per heavy atom. The molecule has 0 bridgehead atoms. The van der Waals surface area contributed by atoms with Crippen LogP contribution in [0.3, 0.4) is 0 Å². The lowest BCUT2D eigenvalue weighted by Crippen LogP contribution is -2.41. The molecule has 2 aromatic rings. The van der Waals surface area contributed by atoms with Gasteiger partial charge >= 0.3 is 0 Å². The molecule has 9 heteroatoms. The number of hydrogen-bond acceptors (Lipinski definition) is 5. The summed E-state index contributed by atoms with van der Waals surface area (Å²) in [6.07, 6.45) is 2.54. The van der Waals surface area contributed by atoms with Crippen LogP contribution < -0.4 is 4.74 Å².